The van der Waals surface area contributed by atoms with E-state index in [4.69, 9.17) is 0 Å². The van der Waals surface area contributed by atoms with Crippen LogP contribution in [0.15, 0.2) is 30.3 Å². The fourth-order valence-corrected chi connectivity index (χ4v) is 2.82. The fourth-order valence-electron chi connectivity index (χ4n) is 2.82. The highest BCUT2D eigenvalue weighted by molar-refractivity contribution is 5.78. The third-order valence-electron chi connectivity index (χ3n) is 3.90. The van der Waals surface area contributed by atoms with Gasteiger partial charge in [-0.05, 0) is 31.4 Å². The van der Waals surface area contributed by atoms with Crippen LogP contribution < -0.4 is 5.32 Å². The van der Waals surface area contributed by atoms with E-state index in [1.807, 2.05) is 35.2 Å². The van der Waals surface area contributed by atoms with Gasteiger partial charge in [-0.2, -0.15) is 0 Å². The maximum Gasteiger partial charge on any atom is 0.227 e. The summed E-state index contributed by atoms with van der Waals surface area (Å²) in [6.07, 6.45) is 5.28. The predicted molar refractivity (Wildman–Crippen MR) is 82.7 cm³/mol. The van der Waals surface area contributed by atoms with Crippen LogP contribution in [0.2, 0.25) is 0 Å². The maximum absolute atomic E-state index is 12.5. The van der Waals surface area contributed by atoms with Crippen molar-refractivity contribution in [2.24, 2.45) is 0 Å². The quantitative estimate of drug-likeness (QED) is 0.865. The number of rotatable bonds is 6. The third kappa shape index (κ3) is 4.64. The minimum Gasteiger partial charge on any atom is -0.341 e. The monoisotopic (exact) mass is 274 g/mol. The number of nitrogens with zero attached hydrogens (tertiary/aromatic N) is 1. The average molecular weight is 274 g/mol. The predicted octanol–water partition coefficient (Wildman–Crippen LogP) is 2.61. The number of carbonyl (C=O) groups is 1. The van der Waals surface area contributed by atoms with E-state index >= 15 is 0 Å². The van der Waals surface area contributed by atoms with Gasteiger partial charge in [0.05, 0.1) is 6.42 Å². The van der Waals surface area contributed by atoms with Gasteiger partial charge in [0.15, 0.2) is 0 Å². The first kappa shape index (κ1) is 15.0. The molecule has 1 aliphatic rings. The van der Waals surface area contributed by atoms with Crippen LogP contribution in [0.25, 0.3) is 0 Å². The summed E-state index contributed by atoms with van der Waals surface area (Å²) in [5.74, 6) is 0.255. The van der Waals surface area contributed by atoms with E-state index in [0.29, 0.717) is 12.5 Å². The van der Waals surface area contributed by atoms with Gasteiger partial charge in [-0.15, -0.1) is 0 Å². The minimum atomic E-state index is 0.255. The Morgan fingerprint density at radius 1 is 1.30 bits per heavy atom. The molecule has 1 aliphatic heterocycles. The Labute approximate surface area is 122 Å². The lowest BCUT2D eigenvalue weighted by molar-refractivity contribution is -0.131. The van der Waals surface area contributed by atoms with Gasteiger partial charge in [0.1, 0.15) is 0 Å². The van der Waals surface area contributed by atoms with E-state index in [0.717, 1.165) is 31.6 Å². The van der Waals surface area contributed by atoms with E-state index in [1.54, 1.807) is 0 Å². The molecule has 0 bridgehead atoms. The Hall–Kier alpha value is -1.35. The zero-order valence-corrected chi connectivity index (χ0v) is 12.5. The van der Waals surface area contributed by atoms with E-state index < -0.39 is 0 Å². The van der Waals surface area contributed by atoms with Crippen molar-refractivity contribution in [3.8, 4) is 0 Å². The minimum absolute atomic E-state index is 0.255. The van der Waals surface area contributed by atoms with Crippen molar-refractivity contribution in [1.29, 1.82) is 0 Å². The highest BCUT2D eigenvalue weighted by Crippen LogP contribution is 2.10. The van der Waals surface area contributed by atoms with Crippen molar-refractivity contribution in [2.45, 2.75) is 45.1 Å². The number of carbonyl (C=O) groups excluding carboxylic acids is 1. The first-order valence-corrected chi connectivity index (χ1v) is 7.84. The van der Waals surface area contributed by atoms with Gasteiger partial charge in [0, 0.05) is 19.1 Å². The summed E-state index contributed by atoms with van der Waals surface area (Å²) in [6, 6.07) is 10.5. The summed E-state index contributed by atoms with van der Waals surface area (Å²) in [4.78, 5) is 14.5. The molecule has 1 N–H and O–H groups in total. The number of hydrogen-bond donors (Lipinski definition) is 1. The van der Waals surface area contributed by atoms with Crippen LogP contribution in [0.5, 0.6) is 0 Å². The summed E-state index contributed by atoms with van der Waals surface area (Å²) in [5, 5.41) is 3.53. The molecule has 0 spiro atoms. The SMILES string of the molecule is CCCN(CC1CCCCN1)C(=O)Cc1ccccc1. The van der Waals surface area contributed by atoms with Crippen LogP contribution in [-0.2, 0) is 11.2 Å². The number of benzene rings is 1. The summed E-state index contributed by atoms with van der Waals surface area (Å²) >= 11 is 0. The zero-order chi connectivity index (χ0) is 14.2. The standard InChI is InChI=1S/C17H26N2O/c1-2-12-19(14-16-10-6-7-11-18-16)17(20)13-15-8-4-3-5-9-15/h3-5,8-9,16,18H,2,6-7,10-14H2,1H3. The zero-order valence-electron chi connectivity index (χ0n) is 12.5. The molecule has 1 unspecified atom stereocenters. The van der Waals surface area contributed by atoms with Crippen molar-refractivity contribution in [1.82, 2.24) is 10.2 Å². The molecule has 1 heterocycles. The normalized spacial score (nSPS) is 18.8. The van der Waals surface area contributed by atoms with Crippen LogP contribution in [0.4, 0.5) is 0 Å². The number of nitrogens with one attached hydrogen (secondary N) is 1. The Kier molecular flexibility index (Phi) is 6.06. The van der Waals surface area contributed by atoms with Crippen molar-refractivity contribution in [3.63, 3.8) is 0 Å². The number of amides is 1. The van der Waals surface area contributed by atoms with Gasteiger partial charge in [0.2, 0.25) is 5.91 Å². The average Bonchev–Trinajstić information content (AvgIpc) is 2.49. The molecule has 1 amide bonds. The Morgan fingerprint density at radius 3 is 2.75 bits per heavy atom. The molecule has 3 nitrogen and oxygen atoms in total. The molecule has 3 heteroatoms. The molecule has 2 rings (SSSR count). The van der Waals surface area contributed by atoms with Gasteiger partial charge in [-0.3, -0.25) is 4.79 Å². The Balaban J connectivity index is 1.90. The Morgan fingerprint density at radius 2 is 2.10 bits per heavy atom. The molecule has 0 radical (unpaired) electrons. The van der Waals surface area contributed by atoms with Gasteiger partial charge in [-0.25, -0.2) is 0 Å². The van der Waals surface area contributed by atoms with E-state index in [-0.39, 0.29) is 5.91 Å². The molecule has 110 valence electrons. The van der Waals surface area contributed by atoms with Gasteiger partial charge < -0.3 is 10.2 Å². The van der Waals surface area contributed by atoms with Crippen LogP contribution in [-0.4, -0.2) is 36.5 Å². The second-order valence-electron chi connectivity index (χ2n) is 5.65. The first-order chi connectivity index (χ1) is 9.79. The second kappa shape index (κ2) is 8.05. The van der Waals surface area contributed by atoms with Crippen LogP contribution >= 0.6 is 0 Å². The second-order valence-corrected chi connectivity index (χ2v) is 5.65. The summed E-state index contributed by atoms with van der Waals surface area (Å²) in [7, 11) is 0. The molecule has 0 aliphatic carbocycles. The molecular formula is C17H26N2O. The van der Waals surface area contributed by atoms with Crippen molar-refractivity contribution >= 4 is 5.91 Å². The molecule has 1 saturated heterocycles. The van der Waals surface area contributed by atoms with Crippen LogP contribution in [0.1, 0.15) is 38.2 Å². The topological polar surface area (TPSA) is 32.3 Å². The maximum atomic E-state index is 12.5. The molecule has 0 aromatic heterocycles. The molecule has 20 heavy (non-hydrogen) atoms. The highest BCUT2D eigenvalue weighted by Gasteiger charge is 2.19. The largest absolute Gasteiger partial charge is 0.341 e. The summed E-state index contributed by atoms with van der Waals surface area (Å²) in [5.41, 5.74) is 1.11. The smallest absolute Gasteiger partial charge is 0.227 e. The van der Waals surface area contributed by atoms with Crippen molar-refractivity contribution < 1.29 is 4.79 Å². The van der Waals surface area contributed by atoms with Crippen LogP contribution in [0, 0.1) is 0 Å². The lowest BCUT2D eigenvalue weighted by Crippen LogP contribution is -2.46. The third-order valence-corrected chi connectivity index (χ3v) is 3.90. The van der Waals surface area contributed by atoms with Crippen molar-refractivity contribution in [3.05, 3.63) is 35.9 Å². The lowest BCUT2D eigenvalue weighted by Gasteiger charge is -2.30. The van der Waals surface area contributed by atoms with Gasteiger partial charge >= 0.3 is 0 Å². The number of piperidine rings is 1. The number of hydrogen-bond acceptors (Lipinski definition) is 2. The molecule has 1 fully saturated rings. The van der Waals surface area contributed by atoms with Gasteiger partial charge in [0.25, 0.3) is 0 Å². The van der Waals surface area contributed by atoms with E-state index in [1.165, 1.54) is 19.3 Å². The van der Waals surface area contributed by atoms with E-state index in [2.05, 4.69) is 12.2 Å². The molecule has 1 atom stereocenters. The Bertz CT molecular complexity index is 399. The summed E-state index contributed by atoms with van der Waals surface area (Å²) < 4.78 is 0. The first-order valence-electron chi connectivity index (χ1n) is 7.84. The fraction of sp³-hybridized carbons (Fsp3) is 0.588. The summed E-state index contributed by atoms with van der Waals surface area (Å²) in [6.45, 7) is 4.96. The molecule has 1 aromatic carbocycles. The van der Waals surface area contributed by atoms with Crippen molar-refractivity contribution in [2.75, 3.05) is 19.6 Å². The van der Waals surface area contributed by atoms with Gasteiger partial charge in [-0.1, -0.05) is 43.7 Å². The van der Waals surface area contributed by atoms with E-state index in [9.17, 15) is 4.79 Å². The lowest BCUT2D eigenvalue weighted by atomic mass is 10.0. The molecular weight excluding hydrogens is 248 g/mol. The molecule has 1 aromatic rings. The highest BCUT2D eigenvalue weighted by atomic mass is 16.2. The molecule has 0 saturated carbocycles. The van der Waals surface area contributed by atoms with Crippen LogP contribution in [0.3, 0.4) is 0 Å².